The van der Waals surface area contributed by atoms with Crippen molar-refractivity contribution in [2.24, 2.45) is 11.8 Å². The molecule has 1 saturated heterocycles. The van der Waals surface area contributed by atoms with Gasteiger partial charge in [0.15, 0.2) is 0 Å². The highest BCUT2D eigenvalue weighted by Crippen LogP contribution is 2.37. The maximum atomic E-state index is 13.9. The monoisotopic (exact) mass is 447 g/mol. The SMILES string of the molecule is O=C(C1CCC(Cc2cc(F)cc(CCO)c2)CC1)N1OCC[C@H]1c1cc(F)cc(F)c1. The summed E-state index contributed by atoms with van der Waals surface area (Å²) in [6.07, 6.45) is 4.75. The van der Waals surface area contributed by atoms with Gasteiger partial charge in [0.1, 0.15) is 17.5 Å². The van der Waals surface area contributed by atoms with Crippen molar-refractivity contribution >= 4 is 5.91 Å². The molecule has 1 heterocycles. The third kappa shape index (κ3) is 5.33. The first-order valence-electron chi connectivity index (χ1n) is 11.2. The van der Waals surface area contributed by atoms with E-state index < -0.39 is 17.7 Å². The van der Waals surface area contributed by atoms with E-state index in [9.17, 15) is 18.0 Å². The molecule has 2 aliphatic rings. The molecule has 32 heavy (non-hydrogen) atoms. The molecule has 1 N–H and O–H groups in total. The molecule has 0 unspecified atom stereocenters. The van der Waals surface area contributed by atoms with Crippen LogP contribution in [-0.4, -0.2) is 29.3 Å². The normalized spacial score (nSPS) is 23.5. The highest BCUT2D eigenvalue weighted by atomic mass is 19.1. The van der Waals surface area contributed by atoms with Gasteiger partial charge in [-0.2, -0.15) is 0 Å². The third-order valence-electron chi connectivity index (χ3n) is 6.53. The lowest BCUT2D eigenvalue weighted by molar-refractivity contribution is -0.183. The van der Waals surface area contributed by atoms with Crippen LogP contribution in [0.3, 0.4) is 0 Å². The van der Waals surface area contributed by atoms with Gasteiger partial charge in [-0.1, -0.05) is 6.07 Å². The van der Waals surface area contributed by atoms with Crippen molar-refractivity contribution in [1.29, 1.82) is 0 Å². The zero-order chi connectivity index (χ0) is 22.7. The second kappa shape index (κ2) is 10.0. The average Bonchev–Trinajstić information content (AvgIpc) is 3.23. The number of carbonyl (C=O) groups is 1. The van der Waals surface area contributed by atoms with E-state index in [-0.39, 0.29) is 24.2 Å². The number of hydrogen-bond donors (Lipinski definition) is 1. The first-order chi connectivity index (χ1) is 15.4. The van der Waals surface area contributed by atoms with Crippen molar-refractivity contribution in [3.63, 3.8) is 0 Å². The maximum Gasteiger partial charge on any atom is 0.249 e. The number of aliphatic hydroxyl groups excluding tert-OH is 1. The number of rotatable bonds is 6. The van der Waals surface area contributed by atoms with Crippen LogP contribution in [0.4, 0.5) is 13.2 Å². The fourth-order valence-electron chi connectivity index (χ4n) is 4.99. The lowest BCUT2D eigenvalue weighted by Crippen LogP contribution is -2.36. The van der Waals surface area contributed by atoms with Crippen LogP contribution in [0.15, 0.2) is 36.4 Å². The molecular formula is C25H28F3NO3. The summed E-state index contributed by atoms with van der Waals surface area (Å²) in [6.45, 7) is 0.317. The third-order valence-corrected chi connectivity index (χ3v) is 6.53. The lowest BCUT2D eigenvalue weighted by atomic mass is 9.78. The van der Waals surface area contributed by atoms with Gasteiger partial charge in [0.25, 0.3) is 0 Å². The molecule has 1 saturated carbocycles. The van der Waals surface area contributed by atoms with E-state index in [1.54, 1.807) is 6.07 Å². The summed E-state index contributed by atoms with van der Waals surface area (Å²) < 4.78 is 41.2. The second-order valence-electron chi connectivity index (χ2n) is 8.87. The summed E-state index contributed by atoms with van der Waals surface area (Å²) in [5.74, 6) is -1.59. The average molecular weight is 447 g/mol. The van der Waals surface area contributed by atoms with Crippen LogP contribution < -0.4 is 0 Å². The van der Waals surface area contributed by atoms with Crippen LogP contribution in [0.5, 0.6) is 0 Å². The fourth-order valence-corrected chi connectivity index (χ4v) is 4.99. The molecule has 1 atom stereocenters. The predicted octanol–water partition coefficient (Wildman–Crippen LogP) is 4.89. The van der Waals surface area contributed by atoms with Gasteiger partial charge in [-0.15, -0.1) is 0 Å². The zero-order valence-electron chi connectivity index (χ0n) is 17.9. The Morgan fingerprint density at radius 1 is 0.906 bits per heavy atom. The second-order valence-corrected chi connectivity index (χ2v) is 8.87. The standard InChI is InChI=1S/C25H28F3NO3/c26-21-11-17(5-7-30)10-18(12-21)9-16-1-3-19(4-2-16)25(31)29-24(6-8-32-29)20-13-22(27)15-23(28)14-20/h10-16,19,24,30H,1-9H2/t16?,19?,24-/m0/s1. The minimum atomic E-state index is -0.667. The number of nitrogens with zero attached hydrogens (tertiary/aromatic N) is 1. The van der Waals surface area contributed by atoms with E-state index >= 15 is 0 Å². The molecule has 1 aliphatic heterocycles. The van der Waals surface area contributed by atoms with Gasteiger partial charge in [-0.3, -0.25) is 9.63 Å². The number of aliphatic hydroxyl groups is 1. The molecule has 1 amide bonds. The summed E-state index contributed by atoms with van der Waals surface area (Å²) in [6, 6.07) is 7.77. The van der Waals surface area contributed by atoms with Crippen molar-refractivity contribution in [3.05, 3.63) is 70.5 Å². The van der Waals surface area contributed by atoms with E-state index in [2.05, 4.69) is 0 Å². The van der Waals surface area contributed by atoms with Gasteiger partial charge in [0, 0.05) is 25.0 Å². The Hall–Kier alpha value is -2.38. The van der Waals surface area contributed by atoms with Gasteiger partial charge in [-0.05, 0) is 85.4 Å². The fraction of sp³-hybridized carbons (Fsp3) is 0.480. The van der Waals surface area contributed by atoms with Crippen molar-refractivity contribution < 1.29 is 27.9 Å². The molecule has 172 valence electrons. The van der Waals surface area contributed by atoms with Gasteiger partial charge >= 0.3 is 0 Å². The van der Waals surface area contributed by atoms with E-state index in [1.165, 1.54) is 23.3 Å². The van der Waals surface area contributed by atoms with Crippen LogP contribution in [0.25, 0.3) is 0 Å². The van der Waals surface area contributed by atoms with Crippen molar-refractivity contribution in [2.75, 3.05) is 13.2 Å². The molecule has 2 aromatic carbocycles. The predicted molar refractivity (Wildman–Crippen MR) is 113 cm³/mol. The highest BCUT2D eigenvalue weighted by molar-refractivity contribution is 5.78. The molecule has 2 aromatic rings. The van der Waals surface area contributed by atoms with Gasteiger partial charge in [0.05, 0.1) is 12.6 Å². The van der Waals surface area contributed by atoms with Crippen LogP contribution >= 0.6 is 0 Å². The Balaban J connectivity index is 1.36. The molecule has 0 spiro atoms. The van der Waals surface area contributed by atoms with Crippen molar-refractivity contribution in [3.8, 4) is 0 Å². The molecular weight excluding hydrogens is 419 g/mol. The zero-order valence-corrected chi connectivity index (χ0v) is 17.9. The topological polar surface area (TPSA) is 49.8 Å². The number of amides is 1. The van der Waals surface area contributed by atoms with Crippen molar-refractivity contribution in [1.82, 2.24) is 5.06 Å². The number of carbonyl (C=O) groups excluding carboxylic acids is 1. The van der Waals surface area contributed by atoms with Crippen molar-refractivity contribution in [2.45, 2.75) is 51.0 Å². The number of hydrogen-bond acceptors (Lipinski definition) is 3. The summed E-state index contributed by atoms with van der Waals surface area (Å²) >= 11 is 0. The summed E-state index contributed by atoms with van der Waals surface area (Å²) in [7, 11) is 0. The molecule has 0 radical (unpaired) electrons. The molecule has 1 aliphatic carbocycles. The van der Waals surface area contributed by atoms with Crippen LogP contribution in [0, 0.1) is 29.3 Å². The quantitative estimate of drug-likeness (QED) is 0.686. The molecule has 0 bridgehead atoms. The first-order valence-corrected chi connectivity index (χ1v) is 11.2. The lowest BCUT2D eigenvalue weighted by Gasteiger charge is -2.32. The van der Waals surface area contributed by atoms with E-state index in [0.29, 0.717) is 43.8 Å². The smallest absolute Gasteiger partial charge is 0.249 e. The van der Waals surface area contributed by atoms with E-state index in [4.69, 9.17) is 9.94 Å². The Morgan fingerprint density at radius 2 is 1.56 bits per heavy atom. The highest BCUT2D eigenvalue weighted by Gasteiger charge is 2.37. The minimum absolute atomic E-state index is 0.0159. The van der Waals surface area contributed by atoms with Gasteiger partial charge < -0.3 is 5.11 Å². The summed E-state index contributed by atoms with van der Waals surface area (Å²) in [5, 5.41) is 10.4. The Labute approximate surface area is 186 Å². The molecule has 7 heteroatoms. The maximum absolute atomic E-state index is 13.9. The Morgan fingerprint density at radius 3 is 2.25 bits per heavy atom. The van der Waals surface area contributed by atoms with Gasteiger partial charge in [-0.25, -0.2) is 18.2 Å². The van der Waals surface area contributed by atoms with Crippen LogP contribution in [0.1, 0.15) is 54.8 Å². The molecule has 2 fully saturated rings. The summed E-state index contributed by atoms with van der Waals surface area (Å²) in [4.78, 5) is 18.7. The molecule has 4 nitrogen and oxygen atoms in total. The first kappa shape index (κ1) is 22.8. The number of benzene rings is 2. The Bertz CT molecular complexity index is 939. The van der Waals surface area contributed by atoms with E-state index in [1.807, 2.05) is 6.07 Å². The molecule has 0 aromatic heterocycles. The van der Waals surface area contributed by atoms with Crippen LogP contribution in [0.2, 0.25) is 0 Å². The van der Waals surface area contributed by atoms with Gasteiger partial charge in [0.2, 0.25) is 5.91 Å². The van der Waals surface area contributed by atoms with E-state index in [0.717, 1.165) is 36.5 Å². The number of halogens is 3. The minimum Gasteiger partial charge on any atom is -0.396 e. The summed E-state index contributed by atoms with van der Waals surface area (Å²) in [5.41, 5.74) is 2.11. The molecule has 4 rings (SSSR count). The van der Waals surface area contributed by atoms with Crippen LogP contribution in [-0.2, 0) is 22.5 Å². The largest absolute Gasteiger partial charge is 0.396 e. The Kier molecular flexibility index (Phi) is 7.16. The number of hydroxylamine groups is 2.